The van der Waals surface area contributed by atoms with Crippen molar-refractivity contribution in [3.05, 3.63) is 89.6 Å². The summed E-state index contributed by atoms with van der Waals surface area (Å²) >= 11 is 0. The maximum atomic E-state index is 9.19. The molecular formula is C26H18N2O. The van der Waals surface area contributed by atoms with Crippen molar-refractivity contribution in [1.29, 1.82) is 5.26 Å². The molecule has 0 aliphatic heterocycles. The van der Waals surface area contributed by atoms with Gasteiger partial charge in [-0.2, -0.15) is 5.26 Å². The molecule has 0 amide bonds. The van der Waals surface area contributed by atoms with E-state index in [1.807, 2.05) is 36.5 Å². The maximum Gasteiger partial charge on any atom is 0.144 e. The van der Waals surface area contributed by atoms with Crippen LogP contribution in [0.2, 0.25) is 0 Å². The summed E-state index contributed by atoms with van der Waals surface area (Å²) in [6.45, 7) is 4.21. The lowest BCUT2D eigenvalue weighted by Crippen LogP contribution is -1.91. The van der Waals surface area contributed by atoms with Crippen LogP contribution >= 0.6 is 0 Å². The third-order valence-corrected chi connectivity index (χ3v) is 5.44. The van der Waals surface area contributed by atoms with Crippen LogP contribution in [0.3, 0.4) is 0 Å². The van der Waals surface area contributed by atoms with Crippen molar-refractivity contribution in [3.63, 3.8) is 0 Å². The molecule has 2 aromatic heterocycles. The Labute approximate surface area is 168 Å². The molecule has 0 radical (unpaired) electrons. The van der Waals surface area contributed by atoms with Crippen molar-refractivity contribution in [2.75, 3.05) is 0 Å². The zero-order valence-corrected chi connectivity index (χ0v) is 16.2. The van der Waals surface area contributed by atoms with Gasteiger partial charge in [-0.05, 0) is 66.4 Å². The Balaban J connectivity index is 1.75. The second-order valence-corrected chi connectivity index (χ2v) is 7.31. The highest BCUT2D eigenvalue weighted by molar-refractivity contribution is 6.09. The first-order valence-electron chi connectivity index (χ1n) is 9.54. The molecule has 0 saturated carbocycles. The van der Waals surface area contributed by atoms with Gasteiger partial charge in [0.1, 0.15) is 11.2 Å². The summed E-state index contributed by atoms with van der Waals surface area (Å²) in [7, 11) is 0. The molecule has 0 N–H and O–H groups in total. The third kappa shape index (κ3) is 2.78. The minimum absolute atomic E-state index is 0.591. The van der Waals surface area contributed by atoms with Crippen LogP contribution in [0.15, 0.2) is 77.3 Å². The third-order valence-electron chi connectivity index (χ3n) is 5.44. The average molecular weight is 374 g/mol. The Morgan fingerprint density at radius 1 is 0.793 bits per heavy atom. The van der Waals surface area contributed by atoms with E-state index in [2.05, 4.69) is 50.2 Å². The fraction of sp³-hybridized carbons (Fsp3) is 0.0769. The van der Waals surface area contributed by atoms with Gasteiger partial charge >= 0.3 is 0 Å². The van der Waals surface area contributed by atoms with Crippen molar-refractivity contribution >= 4 is 21.9 Å². The molecule has 0 aliphatic rings. The molecule has 3 aromatic carbocycles. The molecule has 3 nitrogen and oxygen atoms in total. The highest BCUT2D eigenvalue weighted by Crippen LogP contribution is 2.37. The molecule has 0 fully saturated rings. The summed E-state index contributed by atoms with van der Waals surface area (Å²) < 4.78 is 6.19. The molecule has 138 valence electrons. The predicted molar refractivity (Wildman–Crippen MR) is 117 cm³/mol. The molecule has 0 atom stereocenters. The first-order valence-corrected chi connectivity index (χ1v) is 9.54. The normalized spacial score (nSPS) is 11.1. The molecule has 0 spiro atoms. The van der Waals surface area contributed by atoms with Crippen LogP contribution in [-0.4, -0.2) is 4.98 Å². The molecule has 3 heteroatoms. The van der Waals surface area contributed by atoms with Crippen LogP contribution < -0.4 is 0 Å². The van der Waals surface area contributed by atoms with Gasteiger partial charge in [-0.3, -0.25) is 4.98 Å². The van der Waals surface area contributed by atoms with Gasteiger partial charge in [-0.1, -0.05) is 36.4 Å². The Morgan fingerprint density at radius 3 is 2.45 bits per heavy atom. The Morgan fingerprint density at radius 2 is 1.62 bits per heavy atom. The lowest BCUT2D eigenvalue weighted by molar-refractivity contribution is 0.669. The van der Waals surface area contributed by atoms with Crippen molar-refractivity contribution in [1.82, 2.24) is 4.98 Å². The van der Waals surface area contributed by atoms with E-state index in [4.69, 9.17) is 9.40 Å². The number of nitriles is 1. The van der Waals surface area contributed by atoms with Gasteiger partial charge in [0.25, 0.3) is 0 Å². The van der Waals surface area contributed by atoms with E-state index < -0.39 is 0 Å². The fourth-order valence-electron chi connectivity index (χ4n) is 3.91. The molecule has 5 rings (SSSR count). The van der Waals surface area contributed by atoms with E-state index >= 15 is 0 Å². The zero-order valence-electron chi connectivity index (χ0n) is 16.2. The van der Waals surface area contributed by atoms with Crippen molar-refractivity contribution in [2.24, 2.45) is 0 Å². The van der Waals surface area contributed by atoms with E-state index in [9.17, 15) is 5.26 Å². The smallest absolute Gasteiger partial charge is 0.144 e. The fourth-order valence-corrected chi connectivity index (χ4v) is 3.91. The van der Waals surface area contributed by atoms with E-state index in [0.29, 0.717) is 5.56 Å². The zero-order chi connectivity index (χ0) is 20.0. The number of hydrogen-bond donors (Lipinski definition) is 0. The minimum Gasteiger partial charge on any atom is -0.455 e. The van der Waals surface area contributed by atoms with Gasteiger partial charge in [-0.15, -0.1) is 0 Å². The van der Waals surface area contributed by atoms with E-state index in [-0.39, 0.29) is 0 Å². The van der Waals surface area contributed by atoms with Crippen LogP contribution in [-0.2, 0) is 0 Å². The van der Waals surface area contributed by atoms with E-state index in [1.165, 1.54) is 16.7 Å². The highest BCUT2D eigenvalue weighted by Gasteiger charge is 2.15. The maximum absolute atomic E-state index is 9.19. The summed E-state index contributed by atoms with van der Waals surface area (Å²) in [5, 5.41) is 11.2. The number of nitrogens with zero attached hydrogens (tertiary/aromatic N) is 2. The summed E-state index contributed by atoms with van der Waals surface area (Å²) in [4.78, 5) is 4.71. The van der Waals surface area contributed by atoms with Crippen molar-refractivity contribution in [2.45, 2.75) is 13.8 Å². The van der Waals surface area contributed by atoms with Gasteiger partial charge < -0.3 is 4.42 Å². The van der Waals surface area contributed by atoms with E-state index in [1.54, 1.807) is 6.07 Å². The number of furan rings is 1. The molecule has 29 heavy (non-hydrogen) atoms. The molecule has 2 heterocycles. The number of pyridine rings is 1. The van der Waals surface area contributed by atoms with Crippen LogP contribution in [0.1, 0.15) is 16.7 Å². The highest BCUT2D eigenvalue weighted by atomic mass is 16.3. The number of benzene rings is 3. The number of aryl methyl sites for hydroxylation is 2. The summed E-state index contributed by atoms with van der Waals surface area (Å²) in [6, 6.07) is 24.4. The standard InChI is InChI=1S/C26H18N2O/c1-16-6-3-4-7-19(16)23-13-24(28-15-17(23)2)22-9-5-8-21-20-11-10-18(14-27)12-25(20)29-26(21)22/h3-13,15H,1-2H3. The molecule has 0 bridgehead atoms. The summed E-state index contributed by atoms with van der Waals surface area (Å²) in [6.07, 6.45) is 1.92. The van der Waals surface area contributed by atoms with Gasteiger partial charge in [-0.25, -0.2) is 0 Å². The second-order valence-electron chi connectivity index (χ2n) is 7.31. The summed E-state index contributed by atoms with van der Waals surface area (Å²) in [5.74, 6) is 0. The van der Waals surface area contributed by atoms with Gasteiger partial charge in [0.15, 0.2) is 0 Å². The van der Waals surface area contributed by atoms with E-state index in [0.717, 1.165) is 38.8 Å². The number of aromatic nitrogens is 1. The molecule has 5 aromatic rings. The van der Waals surface area contributed by atoms with Gasteiger partial charge in [0.2, 0.25) is 0 Å². The number of rotatable bonds is 2. The number of fused-ring (bicyclic) bond motifs is 3. The lowest BCUT2D eigenvalue weighted by Gasteiger charge is -2.11. The summed E-state index contributed by atoms with van der Waals surface area (Å²) in [5.41, 5.74) is 8.69. The Hall–Kier alpha value is -3.90. The number of hydrogen-bond acceptors (Lipinski definition) is 3. The average Bonchev–Trinajstić information content (AvgIpc) is 3.12. The molecular weight excluding hydrogens is 356 g/mol. The lowest BCUT2D eigenvalue weighted by atomic mass is 9.96. The topological polar surface area (TPSA) is 49.8 Å². The molecule has 0 saturated heterocycles. The van der Waals surface area contributed by atoms with Gasteiger partial charge in [0.05, 0.1) is 17.3 Å². The number of para-hydroxylation sites is 1. The van der Waals surface area contributed by atoms with Crippen molar-refractivity contribution in [3.8, 4) is 28.5 Å². The Bertz CT molecular complexity index is 1440. The largest absolute Gasteiger partial charge is 0.455 e. The monoisotopic (exact) mass is 374 g/mol. The van der Waals surface area contributed by atoms with Crippen molar-refractivity contribution < 1.29 is 4.42 Å². The predicted octanol–water partition coefficient (Wildman–Crippen LogP) is 6.80. The van der Waals surface area contributed by atoms with Crippen LogP contribution in [0.25, 0.3) is 44.3 Å². The molecule has 0 unspecified atom stereocenters. The van der Waals surface area contributed by atoms with Crippen LogP contribution in [0, 0.1) is 25.2 Å². The second kappa shape index (κ2) is 6.61. The molecule has 0 aliphatic carbocycles. The SMILES string of the molecule is Cc1ccccc1-c1cc(-c2cccc3c2oc2cc(C#N)ccc23)ncc1C. The quantitative estimate of drug-likeness (QED) is 0.341. The van der Waals surface area contributed by atoms with Gasteiger partial charge in [0, 0.05) is 22.5 Å². The van der Waals surface area contributed by atoms with Crippen LogP contribution in [0.4, 0.5) is 0 Å². The van der Waals surface area contributed by atoms with Crippen LogP contribution in [0.5, 0.6) is 0 Å². The first kappa shape index (κ1) is 17.2. The Kier molecular flexibility index (Phi) is 3.93. The first-order chi connectivity index (χ1) is 14.2. The minimum atomic E-state index is 0.591.